The third-order valence-corrected chi connectivity index (χ3v) is 5.90. The van der Waals surface area contributed by atoms with Crippen molar-refractivity contribution in [1.82, 2.24) is 9.80 Å². The van der Waals surface area contributed by atoms with Crippen molar-refractivity contribution in [3.63, 3.8) is 0 Å². The van der Waals surface area contributed by atoms with Crippen molar-refractivity contribution in [2.75, 3.05) is 32.8 Å². The molecule has 20 heavy (non-hydrogen) atoms. The second-order valence-corrected chi connectivity index (χ2v) is 7.15. The lowest BCUT2D eigenvalue weighted by Gasteiger charge is -2.51. The molecule has 3 aliphatic rings. The Kier molecular flexibility index (Phi) is 4.32. The van der Waals surface area contributed by atoms with Crippen molar-refractivity contribution < 1.29 is 4.74 Å². The second-order valence-electron chi connectivity index (χ2n) is 6.68. The number of piperazine rings is 1. The van der Waals surface area contributed by atoms with Crippen LogP contribution in [-0.2, 0) is 4.74 Å². The van der Waals surface area contributed by atoms with Crippen LogP contribution < -0.4 is 5.73 Å². The fourth-order valence-corrected chi connectivity index (χ4v) is 4.05. The van der Waals surface area contributed by atoms with Crippen LogP contribution in [-0.4, -0.2) is 65.3 Å². The average molecular weight is 297 g/mol. The van der Waals surface area contributed by atoms with Gasteiger partial charge in [-0.2, -0.15) is 0 Å². The van der Waals surface area contributed by atoms with E-state index in [9.17, 15) is 0 Å². The van der Waals surface area contributed by atoms with Crippen LogP contribution in [0.15, 0.2) is 0 Å². The van der Waals surface area contributed by atoms with Gasteiger partial charge in [0.15, 0.2) is 0 Å². The molecule has 0 amide bonds. The smallest absolute Gasteiger partial charge is 0.0899 e. The van der Waals surface area contributed by atoms with Gasteiger partial charge in [0, 0.05) is 38.8 Å². The van der Waals surface area contributed by atoms with Crippen LogP contribution in [0.4, 0.5) is 0 Å². The third kappa shape index (κ3) is 2.86. The lowest BCUT2D eigenvalue weighted by atomic mass is 9.73. The van der Waals surface area contributed by atoms with Crippen molar-refractivity contribution in [3.05, 3.63) is 0 Å². The molecule has 3 rings (SSSR count). The van der Waals surface area contributed by atoms with E-state index in [0.29, 0.717) is 4.99 Å². The Balaban J connectivity index is 1.51. The van der Waals surface area contributed by atoms with Crippen LogP contribution >= 0.6 is 12.2 Å². The Morgan fingerprint density at radius 1 is 1.30 bits per heavy atom. The Bertz CT molecular complexity index is 364. The topological polar surface area (TPSA) is 41.7 Å². The number of nitrogens with zero attached hydrogens (tertiary/aromatic N) is 2. The molecule has 0 radical (unpaired) electrons. The highest BCUT2D eigenvalue weighted by atomic mass is 32.1. The van der Waals surface area contributed by atoms with Gasteiger partial charge in [-0.05, 0) is 39.0 Å². The second kappa shape index (κ2) is 5.87. The SMILES string of the molecule is CC(C(N)=S)N1CCN(C2CCOC3(CCC3)C2)CC1. The zero-order valence-electron chi connectivity index (χ0n) is 12.5. The van der Waals surface area contributed by atoms with Crippen molar-refractivity contribution >= 4 is 17.2 Å². The van der Waals surface area contributed by atoms with Crippen molar-refractivity contribution in [3.8, 4) is 0 Å². The maximum atomic E-state index is 6.04. The first-order valence-corrected chi connectivity index (χ1v) is 8.42. The average Bonchev–Trinajstić information content (AvgIpc) is 2.45. The summed E-state index contributed by atoms with van der Waals surface area (Å²) in [5, 5.41) is 0. The first-order chi connectivity index (χ1) is 9.60. The van der Waals surface area contributed by atoms with Gasteiger partial charge in [0.1, 0.15) is 0 Å². The van der Waals surface area contributed by atoms with E-state index in [2.05, 4.69) is 16.7 Å². The number of hydrogen-bond donors (Lipinski definition) is 1. The maximum absolute atomic E-state index is 6.04. The zero-order valence-corrected chi connectivity index (χ0v) is 13.3. The van der Waals surface area contributed by atoms with Crippen LogP contribution in [0.5, 0.6) is 0 Å². The molecule has 1 aliphatic carbocycles. The molecule has 0 aromatic heterocycles. The Morgan fingerprint density at radius 3 is 2.55 bits per heavy atom. The fraction of sp³-hybridized carbons (Fsp3) is 0.933. The van der Waals surface area contributed by atoms with Gasteiger partial charge in [-0.15, -0.1) is 0 Å². The Labute approximate surface area is 127 Å². The first-order valence-electron chi connectivity index (χ1n) is 8.01. The summed E-state index contributed by atoms with van der Waals surface area (Å²) in [5.74, 6) is 0. The highest BCUT2D eigenvalue weighted by Gasteiger charge is 2.44. The highest BCUT2D eigenvalue weighted by Crippen LogP contribution is 2.43. The molecule has 114 valence electrons. The molecular weight excluding hydrogens is 270 g/mol. The summed E-state index contributed by atoms with van der Waals surface area (Å²) < 4.78 is 6.04. The molecule has 1 saturated carbocycles. The summed E-state index contributed by atoms with van der Waals surface area (Å²) in [6.45, 7) is 7.54. The molecule has 2 aliphatic heterocycles. The summed E-state index contributed by atoms with van der Waals surface area (Å²) >= 11 is 5.11. The van der Waals surface area contributed by atoms with Crippen molar-refractivity contribution in [2.24, 2.45) is 5.73 Å². The summed E-state index contributed by atoms with van der Waals surface area (Å²) in [7, 11) is 0. The Morgan fingerprint density at radius 2 is 2.00 bits per heavy atom. The highest BCUT2D eigenvalue weighted by molar-refractivity contribution is 7.80. The number of rotatable bonds is 3. The van der Waals surface area contributed by atoms with E-state index >= 15 is 0 Å². The zero-order chi connectivity index (χ0) is 14.2. The van der Waals surface area contributed by atoms with Gasteiger partial charge in [-0.3, -0.25) is 9.80 Å². The summed E-state index contributed by atoms with van der Waals surface area (Å²) in [6.07, 6.45) is 6.36. The number of hydrogen-bond acceptors (Lipinski definition) is 4. The summed E-state index contributed by atoms with van der Waals surface area (Å²) in [4.78, 5) is 5.71. The quantitative estimate of drug-likeness (QED) is 0.797. The Hall–Kier alpha value is -0.230. The molecule has 0 aromatic rings. The van der Waals surface area contributed by atoms with Crippen LogP contribution in [0.2, 0.25) is 0 Å². The summed E-state index contributed by atoms with van der Waals surface area (Å²) in [6, 6.07) is 0.964. The van der Waals surface area contributed by atoms with Gasteiger partial charge in [-0.1, -0.05) is 12.2 Å². The molecule has 4 nitrogen and oxygen atoms in total. The molecule has 2 saturated heterocycles. The van der Waals surface area contributed by atoms with Crippen molar-refractivity contribution in [1.29, 1.82) is 0 Å². The number of thiocarbonyl (C=S) groups is 1. The molecule has 3 fully saturated rings. The molecule has 2 unspecified atom stereocenters. The predicted molar refractivity (Wildman–Crippen MR) is 84.9 cm³/mol. The van der Waals surface area contributed by atoms with Gasteiger partial charge in [0.25, 0.3) is 0 Å². The first kappa shape index (κ1) is 14.7. The van der Waals surface area contributed by atoms with Crippen LogP contribution in [0.1, 0.15) is 39.0 Å². The molecule has 1 spiro atoms. The van der Waals surface area contributed by atoms with Gasteiger partial charge >= 0.3 is 0 Å². The molecule has 0 aromatic carbocycles. The molecule has 0 bridgehead atoms. The predicted octanol–water partition coefficient (Wildman–Crippen LogP) is 1.38. The van der Waals surface area contributed by atoms with E-state index in [-0.39, 0.29) is 11.6 Å². The van der Waals surface area contributed by atoms with Gasteiger partial charge in [0.2, 0.25) is 0 Å². The van der Waals surface area contributed by atoms with E-state index < -0.39 is 0 Å². The van der Waals surface area contributed by atoms with E-state index in [4.69, 9.17) is 22.7 Å². The fourth-order valence-electron chi connectivity index (χ4n) is 3.90. The standard InChI is InChI=1S/C15H27N3OS/c1-12(14(16)20)17-6-8-18(9-7-17)13-3-10-19-15(11-13)4-2-5-15/h12-13H,2-11H2,1H3,(H2,16,20). The largest absolute Gasteiger partial charge is 0.392 e. The van der Waals surface area contributed by atoms with E-state index in [0.717, 1.165) is 38.8 Å². The minimum Gasteiger partial charge on any atom is -0.392 e. The molecule has 2 N–H and O–H groups in total. The van der Waals surface area contributed by atoms with E-state index in [1.807, 2.05) is 0 Å². The van der Waals surface area contributed by atoms with Gasteiger partial charge < -0.3 is 10.5 Å². The van der Waals surface area contributed by atoms with E-state index in [1.54, 1.807) is 0 Å². The van der Waals surface area contributed by atoms with Crippen LogP contribution in [0.3, 0.4) is 0 Å². The summed E-state index contributed by atoms with van der Waals surface area (Å²) in [5.41, 5.74) is 6.02. The van der Waals surface area contributed by atoms with Gasteiger partial charge in [-0.25, -0.2) is 0 Å². The number of ether oxygens (including phenoxy) is 1. The lowest BCUT2D eigenvalue weighted by molar-refractivity contribution is -0.151. The molecule has 2 heterocycles. The maximum Gasteiger partial charge on any atom is 0.0899 e. The van der Waals surface area contributed by atoms with Crippen LogP contribution in [0, 0.1) is 0 Å². The van der Waals surface area contributed by atoms with Crippen LogP contribution in [0.25, 0.3) is 0 Å². The normalized spacial score (nSPS) is 32.8. The molecule has 5 heteroatoms. The van der Waals surface area contributed by atoms with Crippen molar-refractivity contribution in [2.45, 2.75) is 56.7 Å². The molecular formula is C15H27N3OS. The number of nitrogens with two attached hydrogens (primary N) is 1. The minimum absolute atomic E-state index is 0.236. The molecule has 2 atom stereocenters. The van der Waals surface area contributed by atoms with Gasteiger partial charge in [0.05, 0.1) is 16.6 Å². The monoisotopic (exact) mass is 297 g/mol. The third-order valence-electron chi connectivity index (χ3n) is 5.56. The lowest BCUT2D eigenvalue weighted by Crippen LogP contribution is -2.58. The van der Waals surface area contributed by atoms with E-state index in [1.165, 1.54) is 32.1 Å². The minimum atomic E-state index is 0.236.